The molecule has 0 saturated carbocycles. The standard InChI is InChI=1S/C20H23ClN6OS/c1-13-16(29-14-2-6-23-17(22)15(14)21)18-24-7-10-27(18)19(25-13)26-8-3-20(4-9-26)5-11-28-12-20/h2,6-7,10H,3-5,8-9,11-12H2,1H3,(H2,22,23). The van der Waals surface area contributed by atoms with Crippen LogP contribution in [0.15, 0.2) is 34.4 Å². The van der Waals surface area contributed by atoms with Crippen LogP contribution in [0.5, 0.6) is 0 Å². The third kappa shape index (κ3) is 3.33. The maximum absolute atomic E-state index is 6.36. The number of rotatable bonds is 3. The highest BCUT2D eigenvalue weighted by Crippen LogP contribution is 2.42. The van der Waals surface area contributed by atoms with E-state index in [-0.39, 0.29) is 0 Å². The van der Waals surface area contributed by atoms with Gasteiger partial charge < -0.3 is 15.4 Å². The number of nitrogen functional groups attached to an aromatic ring is 1. The molecule has 9 heteroatoms. The predicted octanol–water partition coefficient (Wildman–Crippen LogP) is 3.83. The lowest BCUT2D eigenvalue weighted by molar-refractivity contribution is 0.133. The van der Waals surface area contributed by atoms with Crippen molar-refractivity contribution in [2.75, 3.05) is 36.9 Å². The van der Waals surface area contributed by atoms with Gasteiger partial charge in [0.05, 0.1) is 22.2 Å². The summed E-state index contributed by atoms with van der Waals surface area (Å²) < 4.78 is 7.75. The zero-order chi connectivity index (χ0) is 20.0. The Hall–Kier alpha value is -2.03. The van der Waals surface area contributed by atoms with Crippen LogP contribution in [0.25, 0.3) is 5.65 Å². The summed E-state index contributed by atoms with van der Waals surface area (Å²) in [4.78, 5) is 17.8. The highest BCUT2D eigenvalue weighted by atomic mass is 35.5. The van der Waals surface area contributed by atoms with Crippen molar-refractivity contribution < 1.29 is 4.74 Å². The van der Waals surface area contributed by atoms with Gasteiger partial charge in [0.1, 0.15) is 5.82 Å². The zero-order valence-corrected chi connectivity index (χ0v) is 17.8. The van der Waals surface area contributed by atoms with Gasteiger partial charge in [-0.3, -0.25) is 4.40 Å². The molecular weight excluding hydrogens is 408 g/mol. The number of imidazole rings is 1. The summed E-state index contributed by atoms with van der Waals surface area (Å²) in [6.45, 7) is 5.80. The van der Waals surface area contributed by atoms with Gasteiger partial charge in [-0.2, -0.15) is 0 Å². The largest absolute Gasteiger partial charge is 0.382 e. The van der Waals surface area contributed by atoms with E-state index in [0.717, 1.165) is 66.2 Å². The van der Waals surface area contributed by atoms with E-state index in [2.05, 4.69) is 19.3 Å². The second kappa shape index (κ2) is 7.34. The zero-order valence-electron chi connectivity index (χ0n) is 16.3. The monoisotopic (exact) mass is 430 g/mol. The lowest BCUT2D eigenvalue weighted by Crippen LogP contribution is -2.41. The Balaban J connectivity index is 1.48. The number of ether oxygens (including phenoxy) is 1. The van der Waals surface area contributed by atoms with Crippen LogP contribution in [0, 0.1) is 12.3 Å². The number of aryl methyl sites for hydroxylation is 1. The Bertz CT molecular complexity index is 1050. The van der Waals surface area contributed by atoms with Crippen LogP contribution in [-0.4, -0.2) is 45.7 Å². The van der Waals surface area contributed by atoms with Gasteiger partial charge in [0.15, 0.2) is 5.65 Å². The fraction of sp³-hybridized carbons (Fsp3) is 0.450. The average molecular weight is 431 g/mol. The van der Waals surface area contributed by atoms with E-state index >= 15 is 0 Å². The van der Waals surface area contributed by atoms with Crippen LogP contribution in [0.1, 0.15) is 25.0 Å². The van der Waals surface area contributed by atoms with E-state index in [1.54, 1.807) is 6.20 Å². The van der Waals surface area contributed by atoms with Crippen LogP contribution >= 0.6 is 23.4 Å². The summed E-state index contributed by atoms with van der Waals surface area (Å²) in [6.07, 6.45) is 8.94. The number of nitrogens with zero attached hydrogens (tertiary/aromatic N) is 5. The van der Waals surface area contributed by atoms with Crippen molar-refractivity contribution in [3.05, 3.63) is 35.4 Å². The van der Waals surface area contributed by atoms with Gasteiger partial charge in [-0.25, -0.2) is 15.0 Å². The number of anilines is 2. The molecule has 0 unspecified atom stereocenters. The van der Waals surface area contributed by atoms with Crippen molar-refractivity contribution >= 4 is 40.8 Å². The lowest BCUT2D eigenvalue weighted by Gasteiger charge is -2.39. The molecule has 0 bridgehead atoms. The Morgan fingerprint density at radius 3 is 2.79 bits per heavy atom. The maximum Gasteiger partial charge on any atom is 0.211 e. The Morgan fingerprint density at radius 2 is 2.03 bits per heavy atom. The molecule has 3 aromatic rings. The summed E-state index contributed by atoms with van der Waals surface area (Å²) in [7, 11) is 0. The molecule has 2 N–H and O–H groups in total. The normalized spacial score (nSPS) is 18.8. The van der Waals surface area contributed by atoms with E-state index in [4.69, 9.17) is 27.1 Å². The molecular formula is C20H23ClN6OS. The van der Waals surface area contributed by atoms with Crippen LogP contribution in [0.4, 0.5) is 11.8 Å². The molecule has 0 atom stereocenters. The first kappa shape index (κ1) is 19.0. The number of pyridine rings is 1. The smallest absolute Gasteiger partial charge is 0.211 e. The fourth-order valence-corrected chi connectivity index (χ4v) is 5.45. The minimum absolute atomic E-state index is 0.330. The number of hydrogen-bond donors (Lipinski definition) is 1. The highest BCUT2D eigenvalue weighted by Gasteiger charge is 2.38. The SMILES string of the molecule is Cc1nc(N2CCC3(CCOC3)CC2)n2ccnc2c1Sc1ccnc(N)c1Cl. The van der Waals surface area contributed by atoms with Crippen molar-refractivity contribution in [2.45, 2.75) is 36.0 Å². The number of halogens is 1. The summed E-state index contributed by atoms with van der Waals surface area (Å²) in [5.41, 5.74) is 8.05. The second-order valence-electron chi connectivity index (χ2n) is 7.85. The molecule has 5 heterocycles. The Kier molecular flexibility index (Phi) is 4.80. The molecule has 3 aromatic heterocycles. The highest BCUT2D eigenvalue weighted by molar-refractivity contribution is 7.99. The first-order chi connectivity index (χ1) is 14.1. The number of aromatic nitrogens is 4. The van der Waals surface area contributed by atoms with Crippen molar-refractivity contribution in [3.8, 4) is 0 Å². The van der Waals surface area contributed by atoms with Gasteiger partial charge in [-0.05, 0) is 37.7 Å². The van der Waals surface area contributed by atoms with E-state index in [0.29, 0.717) is 16.3 Å². The quantitative estimate of drug-likeness (QED) is 0.676. The molecule has 29 heavy (non-hydrogen) atoms. The van der Waals surface area contributed by atoms with Gasteiger partial charge in [0, 0.05) is 43.2 Å². The van der Waals surface area contributed by atoms with Crippen molar-refractivity contribution in [1.82, 2.24) is 19.4 Å². The van der Waals surface area contributed by atoms with Gasteiger partial charge >= 0.3 is 0 Å². The first-order valence-electron chi connectivity index (χ1n) is 9.81. The van der Waals surface area contributed by atoms with Crippen LogP contribution in [-0.2, 0) is 4.74 Å². The van der Waals surface area contributed by atoms with E-state index < -0.39 is 0 Å². The number of nitrogens with two attached hydrogens (primary N) is 1. The predicted molar refractivity (Wildman–Crippen MR) is 115 cm³/mol. The fourth-order valence-electron chi connectivity index (χ4n) is 4.25. The molecule has 0 amide bonds. The van der Waals surface area contributed by atoms with Crippen LogP contribution < -0.4 is 10.6 Å². The molecule has 7 nitrogen and oxygen atoms in total. The summed E-state index contributed by atoms with van der Waals surface area (Å²) in [5.74, 6) is 1.28. The van der Waals surface area contributed by atoms with E-state index in [1.165, 1.54) is 18.2 Å². The maximum atomic E-state index is 6.36. The summed E-state index contributed by atoms with van der Waals surface area (Å²) in [6, 6.07) is 1.86. The molecule has 0 aliphatic carbocycles. The topological polar surface area (TPSA) is 81.6 Å². The van der Waals surface area contributed by atoms with Crippen molar-refractivity contribution in [2.24, 2.45) is 5.41 Å². The van der Waals surface area contributed by atoms with Gasteiger partial charge in [0.2, 0.25) is 5.95 Å². The van der Waals surface area contributed by atoms with Crippen molar-refractivity contribution in [3.63, 3.8) is 0 Å². The first-order valence-corrected chi connectivity index (χ1v) is 11.0. The second-order valence-corrected chi connectivity index (χ2v) is 9.28. The van der Waals surface area contributed by atoms with Gasteiger partial charge in [-0.15, -0.1) is 0 Å². The molecule has 2 saturated heterocycles. The minimum Gasteiger partial charge on any atom is -0.382 e. The Labute approximate surface area is 178 Å². The minimum atomic E-state index is 0.330. The molecule has 2 aliphatic heterocycles. The third-order valence-corrected chi connectivity index (χ3v) is 7.79. The molecule has 152 valence electrons. The number of hydrogen-bond acceptors (Lipinski definition) is 7. The lowest BCUT2D eigenvalue weighted by atomic mass is 9.78. The number of piperidine rings is 1. The molecule has 0 aromatic carbocycles. The molecule has 2 aliphatic rings. The third-order valence-electron chi connectivity index (χ3n) is 6.04. The summed E-state index contributed by atoms with van der Waals surface area (Å²) in [5, 5.41) is 0.464. The summed E-state index contributed by atoms with van der Waals surface area (Å²) >= 11 is 7.89. The average Bonchev–Trinajstić information content (AvgIpc) is 3.38. The van der Waals surface area contributed by atoms with Crippen LogP contribution in [0.3, 0.4) is 0 Å². The molecule has 5 rings (SSSR count). The van der Waals surface area contributed by atoms with E-state index in [1.807, 2.05) is 25.4 Å². The molecule has 1 spiro atoms. The molecule has 0 radical (unpaired) electrons. The number of fused-ring (bicyclic) bond motifs is 1. The van der Waals surface area contributed by atoms with E-state index in [9.17, 15) is 0 Å². The Morgan fingerprint density at radius 1 is 1.21 bits per heavy atom. The molecule has 2 fully saturated rings. The van der Waals surface area contributed by atoms with Gasteiger partial charge in [0.25, 0.3) is 0 Å². The van der Waals surface area contributed by atoms with Crippen molar-refractivity contribution in [1.29, 1.82) is 0 Å². The van der Waals surface area contributed by atoms with Gasteiger partial charge in [-0.1, -0.05) is 23.4 Å². The van der Waals surface area contributed by atoms with Crippen LogP contribution in [0.2, 0.25) is 5.02 Å².